The molecule has 5 nitrogen and oxygen atoms in total. The van der Waals surface area contributed by atoms with E-state index in [-0.39, 0.29) is 6.04 Å². The highest BCUT2D eigenvalue weighted by atomic mass is 35.5. The van der Waals surface area contributed by atoms with Gasteiger partial charge >= 0.3 is 0 Å². The number of rotatable bonds is 5. The molecule has 0 spiro atoms. The van der Waals surface area contributed by atoms with Crippen LogP contribution in [0.5, 0.6) is 0 Å². The fourth-order valence-corrected chi connectivity index (χ4v) is 5.44. The van der Waals surface area contributed by atoms with Crippen LogP contribution < -0.4 is 0 Å². The normalized spacial score (nSPS) is 15.5. The lowest BCUT2D eigenvalue weighted by atomic mass is 9.96. The average molecular weight is 436 g/mol. The number of benzene rings is 1. The zero-order valence-electron chi connectivity index (χ0n) is 16.7. The Bertz CT molecular complexity index is 1130. The van der Waals surface area contributed by atoms with Crippen molar-refractivity contribution in [1.29, 1.82) is 0 Å². The van der Waals surface area contributed by atoms with Crippen molar-refractivity contribution in [3.8, 4) is 21.1 Å². The maximum absolute atomic E-state index is 6.19. The van der Waals surface area contributed by atoms with Gasteiger partial charge in [-0.15, -0.1) is 11.3 Å². The van der Waals surface area contributed by atoms with Gasteiger partial charge in [-0.3, -0.25) is 15.0 Å². The van der Waals surface area contributed by atoms with E-state index < -0.39 is 0 Å². The second-order valence-corrected chi connectivity index (χ2v) is 9.10. The second kappa shape index (κ2) is 8.30. The van der Waals surface area contributed by atoms with Crippen molar-refractivity contribution in [3.63, 3.8) is 0 Å². The molecule has 1 saturated heterocycles. The van der Waals surface area contributed by atoms with Gasteiger partial charge in [-0.1, -0.05) is 23.7 Å². The minimum atomic E-state index is 0.151. The Morgan fingerprint density at radius 3 is 2.57 bits per heavy atom. The number of aromatic nitrogens is 4. The van der Waals surface area contributed by atoms with E-state index in [2.05, 4.69) is 55.4 Å². The number of halogens is 1. The highest BCUT2D eigenvalue weighted by molar-refractivity contribution is 7.19. The molecule has 0 saturated carbocycles. The molecule has 0 bridgehead atoms. The fourth-order valence-electron chi connectivity index (χ4n) is 4.18. The van der Waals surface area contributed by atoms with Crippen LogP contribution in [0.3, 0.4) is 0 Å². The fraction of sp³-hybridized carbons (Fsp3) is 0.261. The van der Waals surface area contributed by atoms with Crippen molar-refractivity contribution < 1.29 is 0 Å². The summed E-state index contributed by atoms with van der Waals surface area (Å²) in [4.78, 5) is 13.7. The van der Waals surface area contributed by atoms with E-state index in [9.17, 15) is 0 Å². The number of likely N-dealkylation sites (tertiary alicyclic amines) is 1. The van der Waals surface area contributed by atoms with Crippen molar-refractivity contribution >= 4 is 22.9 Å². The SMILES string of the molecule is Cc1cc(-c2cc(C(c3ccc(Cl)cc3)N3CCCC3)c(-c3ncn[nH]3)s2)ccn1. The van der Waals surface area contributed by atoms with Gasteiger partial charge in [-0.2, -0.15) is 5.10 Å². The maximum Gasteiger partial charge on any atom is 0.165 e. The van der Waals surface area contributed by atoms with Gasteiger partial charge in [0.25, 0.3) is 0 Å². The summed E-state index contributed by atoms with van der Waals surface area (Å²) in [5, 5.41) is 7.94. The third-order valence-corrected chi connectivity index (χ3v) is 7.02. The van der Waals surface area contributed by atoms with Crippen LogP contribution in [0.4, 0.5) is 0 Å². The summed E-state index contributed by atoms with van der Waals surface area (Å²) in [6, 6.07) is 14.9. The Balaban J connectivity index is 1.68. The van der Waals surface area contributed by atoms with Gasteiger partial charge in [0.05, 0.1) is 10.9 Å². The number of aryl methyl sites for hydroxylation is 1. The Labute approximate surface area is 184 Å². The molecule has 7 heteroatoms. The van der Waals surface area contributed by atoms with Gasteiger partial charge in [0, 0.05) is 21.8 Å². The summed E-state index contributed by atoms with van der Waals surface area (Å²) < 4.78 is 0. The van der Waals surface area contributed by atoms with Crippen molar-refractivity contribution in [2.24, 2.45) is 0 Å². The number of nitrogens with one attached hydrogen (secondary N) is 1. The van der Waals surface area contributed by atoms with E-state index in [0.717, 1.165) is 34.5 Å². The molecule has 3 aromatic heterocycles. The lowest BCUT2D eigenvalue weighted by Gasteiger charge is -2.28. The van der Waals surface area contributed by atoms with E-state index in [1.165, 1.54) is 34.4 Å². The van der Waals surface area contributed by atoms with Crippen LogP contribution in [0.15, 0.2) is 55.0 Å². The van der Waals surface area contributed by atoms with Crippen LogP contribution in [0.2, 0.25) is 5.02 Å². The minimum absolute atomic E-state index is 0.151. The van der Waals surface area contributed by atoms with Crippen molar-refractivity contribution in [2.45, 2.75) is 25.8 Å². The smallest absolute Gasteiger partial charge is 0.165 e. The standard InChI is InChI=1S/C23H22ClN5S/c1-15-12-17(8-9-25-15)20-13-19(22(30-20)23-26-14-27-28-23)21(29-10-2-3-11-29)16-4-6-18(24)7-5-16/h4-9,12-14,21H,2-3,10-11H2,1H3,(H,26,27,28). The first-order valence-corrected chi connectivity index (χ1v) is 11.3. The third kappa shape index (κ3) is 3.78. The Kier molecular flexibility index (Phi) is 5.37. The van der Waals surface area contributed by atoms with Gasteiger partial charge in [-0.25, -0.2) is 4.98 Å². The molecule has 1 aliphatic rings. The first-order chi connectivity index (χ1) is 14.7. The number of aromatic amines is 1. The van der Waals surface area contributed by atoms with Crippen molar-refractivity contribution in [2.75, 3.05) is 13.1 Å². The number of hydrogen-bond acceptors (Lipinski definition) is 5. The summed E-state index contributed by atoms with van der Waals surface area (Å²) in [6.07, 6.45) is 5.89. The van der Waals surface area contributed by atoms with Gasteiger partial charge in [0.15, 0.2) is 5.82 Å². The molecule has 1 aromatic carbocycles. The van der Waals surface area contributed by atoms with Crippen molar-refractivity contribution in [1.82, 2.24) is 25.1 Å². The second-order valence-electron chi connectivity index (χ2n) is 7.61. The Hall–Kier alpha value is -2.54. The zero-order chi connectivity index (χ0) is 20.5. The van der Waals surface area contributed by atoms with Gasteiger partial charge in [0.2, 0.25) is 0 Å². The summed E-state index contributed by atoms with van der Waals surface area (Å²) in [5.41, 5.74) is 4.69. The first kappa shape index (κ1) is 19.4. The summed E-state index contributed by atoms with van der Waals surface area (Å²) in [5.74, 6) is 0.810. The molecule has 4 aromatic rings. The summed E-state index contributed by atoms with van der Waals surface area (Å²) in [7, 11) is 0. The molecular formula is C23H22ClN5S. The van der Waals surface area contributed by atoms with Gasteiger partial charge < -0.3 is 0 Å². The number of H-pyrrole nitrogens is 1. The molecule has 0 amide bonds. The minimum Gasteiger partial charge on any atom is -0.292 e. The molecule has 4 heterocycles. The molecule has 1 aliphatic heterocycles. The average Bonchev–Trinajstić information content (AvgIpc) is 3.52. The van der Waals surface area contributed by atoms with Crippen molar-refractivity contribution in [3.05, 3.63) is 76.8 Å². The predicted octanol–water partition coefficient (Wildman–Crippen LogP) is 5.74. The van der Waals surface area contributed by atoms with Crippen LogP contribution in [-0.4, -0.2) is 38.2 Å². The molecule has 30 heavy (non-hydrogen) atoms. The van der Waals surface area contributed by atoms with Crippen LogP contribution in [0, 0.1) is 6.92 Å². The molecule has 1 N–H and O–H groups in total. The molecule has 0 radical (unpaired) electrons. The topological polar surface area (TPSA) is 57.7 Å². The van der Waals surface area contributed by atoms with E-state index in [1.54, 1.807) is 17.7 Å². The Morgan fingerprint density at radius 2 is 1.87 bits per heavy atom. The lowest BCUT2D eigenvalue weighted by molar-refractivity contribution is 0.282. The predicted molar refractivity (Wildman–Crippen MR) is 122 cm³/mol. The summed E-state index contributed by atoms with van der Waals surface area (Å²) >= 11 is 7.94. The van der Waals surface area contributed by atoms with E-state index in [1.807, 2.05) is 25.3 Å². The van der Waals surface area contributed by atoms with Crippen LogP contribution >= 0.6 is 22.9 Å². The quantitative estimate of drug-likeness (QED) is 0.434. The summed E-state index contributed by atoms with van der Waals surface area (Å²) in [6.45, 7) is 4.20. The number of nitrogens with zero attached hydrogens (tertiary/aromatic N) is 4. The maximum atomic E-state index is 6.19. The van der Waals surface area contributed by atoms with E-state index >= 15 is 0 Å². The third-order valence-electron chi connectivity index (χ3n) is 5.56. The van der Waals surface area contributed by atoms with Crippen LogP contribution in [0.1, 0.15) is 35.7 Å². The molecule has 1 unspecified atom stereocenters. The number of thiophene rings is 1. The largest absolute Gasteiger partial charge is 0.292 e. The van der Waals surface area contributed by atoms with Gasteiger partial charge in [-0.05, 0) is 79.9 Å². The Morgan fingerprint density at radius 1 is 1.07 bits per heavy atom. The van der Waals surface area contributed by atoms with Crippen LogP contribution in [-0.2, 0) is 0 Å². The van der Waals surface area contributed by atoms with Gasteiger partial charge in [0.1, 0.15) is 6.33 Å². The molecule has 5 rings (SSSR count). The molecule has 0 aliphatic carbocycles. The molecule has 152 valence electrons. The highest BCUT2D eigenvalue weighted by Crippen LogP contribution is 2.44. The number of pyridine rings is 1. The van der Waals surface area contributed by atoms with E-state index in [4.69, 9.17) is 11.6 Å². The molecule has 1 fully saturated rings. The number of hydrogen-bond donors (Lipinski definition) is 1. The monoisotopic (exact) mass is 435 g/mol. The zero-order valence-corrected chi connectivity index (χ0v) is 18.2. The molecular weight excluding hydrogens is 414 g/mol. The van der Waals surface area contributed by atoms with Crippen LogP contribution in [0.25, 0.3) is 21.1 Å². The highest BCUT2D eigenvalue weighted by Gasteiger charge is 2.30. The first-order valence-electron chi connectivity index (χ1n) is 10.1. The molecule has 1 atom stereocenters. The lowest BCUT2D eigenvalue weighted by Crippen LogP contribution is -2.26. The van der Waals surface area contributed by atoms with E-state index in [0.29, 0.717) is 0 Å².